The van der Waals surface area contributed by atoms with Gasteiger partial charge < -0.3 is 21.5 Å². The van der Waals surface area contributed by atoms with E-state index in [1.165, 1.54) is 17.4 Å². The van der Waals surface area contributed by atoms with Crippen molar-refractivity contribution in [3.05, 3.63) is 66.7 Å². The summed E-state index contributed by atoms with van der Waals surface area (Å²) in [4.78, 5) is 15.8. The SMILES string of the molecule is C=CC(=O)Nc1cccc2c(NCC#Cc3cc(O)c4nc(N)sc4c3)cccc12. The molecule has 1 heterocycles. The number of carbonyl (C=O) groups is 1. The van der Waals surface area contributed by atoms with Crippen molar-refractivity contribution >= 4 is 54.7 Å². The van der Waals surface area contributed by atoms with E-state index in [1.807, 2.05) is 42.5 Å². The number of rotatable bonds is 4. The molecule has 0 fully saturated rings. The van der Waals surface area contributed by atoms with Crippen molar-refractivity contribution in [3.63, 3.8) is 0 Å². The highest BCUT2D eigenvalue weighted by Crippen LogP contribution is 2.32. The summed E-state index contributed by atoms with van der Waals surface area (Å²) < 4.78 is 0.799. The van der Waals surface area contributed by atoms with Crippen LogP contribution in [0.25, 0.3) is 21.0 Å². The van der Waals surface area contributed by atoms with Crippen LogP contribution in [-0.4, -0.2) is 22.5 Å². The number of hydrogen-bond donors (Lipinski definition) is 4. The number of benzene rings is 3. The van der Waals surface area contributed by atoms with Gasteiger partial charge in [0.25, 0.3) is 0 Å². The monoisotopic (exact) mass is 414 g/mol. The number of nitrogen functional groups attached to an aromatic ring is 1. The van der Waals surface area contributed by atoms with Crippen molar-refractivity contribution in [2.75, 3.05) is 22.9 Å². The van der Waals surface area contributed by atoms with E-state index in [1.54, 1.807) is 6.07 Å². The van der Waals surface area contributed by atoms with E-state index < -0.39 is 0 Å². The number of phenolic OH excluding ortho intramolecular Hbond substituents is 1. The van der Waals surface area contributed by atoms with Gasteiger partial charge in [0.2, 0.25) is 5.91 Å². The number of amides is 1. The topological polar surface area (TPSA) is 100 Å². The summed E-state index contributed by atoms with van der Waals surface area (Å²) in [6.07, 6.45) is 1.24. The lowest BCUT2D eigenvalue weighted by Crippen LogP contribution is -2.07. The first-order valence-corrected chi connectivity index (χ1v) is 9.94. The molecule has 6 nitrogen and oxygen atoms in total. The molecular weight excluding hydrogens is 396 g/mol. The number of phenols is 1. The molecule has 0 spiro atoms. The standard InChI is InChI=1S/C23H18N4O2S/c1-2-21(29)26-18-10-4-7-15-16(18)8-3-9-17(15)25-11-5-6-14-12-19(28)22-20(13-14)30-23(24)27-22/h2-4,7-10,12-13,25,28H,1,11H2,(H2,24,27)(H,26,29). The third-order valence-electron chi connectivity index (χ3n) is 4.46. The van der Waals surface area contributed by atoms with Gasteiger partial charge in [0.1, 0.15) is 11.3 Å². The number of aromatic nitrogens is 1. The Bertz CT molecular complexity index is 1350. The number of anilines is 3. The Labute approximate surface area is 177 Å². The maximum atomic E-state index is 11.7. The normalized spacial score (nSPS) is 10.4. The molecule has 0 bridgehead atoms. The quantitative estimate of drug-likeness (QED) is 0.294. The van der Waals surface area contributed by atoms with Crippen molar-refractivity contribution in [1.82, 2.24) is 4.98 Å². The molecule has 0 radical (unpaired) electrons. The summed E-state index contributed by atoms with van der Waals surface area (Å²) in [6.45, 7) is 3.90. The fourth-order valence-corrected chi connectivity index (χ4v) is 3.94. The second-order valence-electron chi connectivity index (χ2n) is 6.45. The molecule has 0 aliphatic heterocycles. The maximum Gasteiger partial charge on any atom is 0.247 e. The summed E-state index contributed by atoms with van der Waals surface area (Å²) in [6, 6.07) is 15.0. The summed E-state index contributed by atoms with van der Waals surface area (Å²) >= 11 is 1.31. The lowest BCUT2D eigenvalue weighted by molar-refractivity contribution is -0.111. The number of nitrogens with two attached hydrogens (primary N) is 1. The number of fused-ring (bicyclic) bond motifs is 2. The molecule has 148 valence electrons. The minimum absolute atomic E-state index is 0.0702. The number of hydrogen-bond acceptors (Lipinski definition) is 6. The van der Waals surface area contributed by atoms with Crippen LogP contribution < -0.4 is 16.4 Å². The van der Waals surface area contributed by atoms with Crippen LogP contribution in [0.3, 0.4) is 0 Å². The molecule has 0 aliphatic carbocycles. The van der Waals surface area contributed by atoms with Gasteiger partial charge in [0, 0.05) is 27.7 Å². The number of thiazole rings is 1. The van der Waals surface area contributed by atoms with Crippen molar-refractivity contribution < 1.29 is 9.90 Å². The summed E-state index contributed by atoms with van der Waals surface area (Å²) in [5, 5.41) is 18.5. The van der Waals surface area contributed by atoms with Crippen molar-refractivity contribution in [1.29, 1.82) is 0 Å². The second-order valence-corrected chi connectivity index (χ2v) is 7.51. The van der Waals surface area contributed by atoms with Crippen molar-refractivity contribution in [3.8, 4) is 17.6 Å². The first-order chi connectivity index (χ1) is 14.5. The Morgan fingerprint density at radius 1 is 1.20 bits per heavy atom. The molecule has 0 saturated carbocycles. The number of nitrogens with one attached hydrogen (secondary N) is 2. The van der Waals surface area contributed by atoms with E-state index in [9.17, 15) is 9.90 Å². The fourth-order valence-electron chi connectivity index (χ4n) is 3.14. The van der Waals surface area contributed by atoms with Crippen LogP contribution in [0.2, 0.25) is 0 Å². The Balaban J connectivity index is 1.54. The van der Waals surface area contributed by atoms with Crippen LogP contribution in [0.1, 0.15) is 5.56 Å². The summed E-state index contributed by atoms with van der Waals surface area (Å²) in [5.41, 5.74) is 8.53. The zero-order valence-electron chi connectivity index (χ0n) is 15.9. The molecule has 7 heteroatoms. The first-order valence-electron chi connectivity index (χ1n) is 9.12. The number of aromatic hydroxyl groups is 1. The Kier molecular flexibility index (Phi) is 5.24. The van der Waals surface area contributed by atoms with E-state index >= 15 is 0 Å². The minimum atomic E-state index is -0.255. The average Bonchev–Trinajstić information content (AvgIpc) is 3.12. The lowest BCUT2D eigenvalue weighted by atomic mass is 10.1. The molecule has 1 amide bonds. The van der Waals surface area contributed by atoms with Gasteiger partial charge in [-0.3, -0.25) is 4.79 Å². The van der Waals surface area contributed by atoms with Gasteiger partial charge >= 0.3 is 0 Å². The fraction of sp³-hybridized carbons (Fsp3) is 0.0435. The average molecular weight is 414 g/mol. The molecule has 5 N–H and O–H groups in total. The van der Waals surface area contributed by atoms with Gasteiger partial charge in [-0.1, -0.05) is 54.0 Å². The van der Waals surface area contributed by atoms with Gasteiger partial charge in [0.15, 0.2) is 5.13 Å². The zero-order chi connectivity index (χ0) is 21.1. The summed E-state index contributed by atoms with van der Waals surface area (Å²) in [5.74, 6) is 5.93. The van der Waals surface area contributed by atoms with Gasteiger partial charge in [0.05, 0.1) is 11.2 Å². The molecule has 1 aromatic heterocycles. The Morgan fingerprint density at radius 3 is 2.70 bits per heavy atom. The van der Waals surface area contributed by atoms with Crippen LogP contribution >= 0.6 is 11.3 Å². The molecule has 0 unspecified atom stereocenters. The predicted octanol–water partition coefficient (Wildman–Crippen LogP) is 4.33. The van der Waals surface area contributed by atoms with E-state index in [0.29, 0.717) is 22.8 Å². The highest BCUT2D eigenvalue weighted by molar-refractivity contribution is 7.22. The molecule has 4 aromatic rings. The molecule has 30 heavy (non-hydrogen) atoms. The number of carbonyl (C=O) groups excluding carboxylic acids is 1. The summed E-state index contributed by atoms with van der Waals surface area (Å²) in [7, 11) is 0. The third kappa shape index (κ3) is 3.90. The lowest BCUT2D eigenvalue weighted by Gasteiger charge is -2.11. The molecule has 0 atom stereocenters. The zero-order valence-corrected chi connectivity index (χ0v) is 16.7. The first kappa shape index (κ1) is 19.3. The third-order valence-corrected chi connectivity index (χ3v) is 5.29. The van der Waals surface area contributed by atoms with Gasteiger partial charge in [-0.25, -0.2) is 4.98 Å². The van der Waals surface area contributed by atoms with Crippen LogP contribution in [0, 0.1) is 11.8 Å². The van der Waals surface area contributed by atoms with Crippen LogP contribution in [0.15, 0.2) is 61.2 Å². The van der Waals surface area contributed by atoms with Crippen molar-refractivity contribution in [2.24, 2.45) is 0 Å². The van der Waals surface area contributed by atoms with E-state index in [0.717, 1.165) is 26.8 Å². The van der Waals surface area contributed by atoms with Crippen LogP contribution in [0.5, 0.6) is 5.75 Å². The maximum absolute atomic E-state index is 11.7. The Morgan fingerprint density at radius 2 is 1.93 bits per heavy atom. The second kappa shape index (κ2) is 8.15. The molecule has 3 aromatic carbocycles. The van der Waals surface area contributed by atoms with E-state index in [4.69, 9.17) is 5.73 Å². The molecule has 0 aliphatic rings. The molecular formula is C23H18N4O2S. The van der Waals surface area contributed by atoms with Gasteiger partial charge in [-0.05, 0) is 30.3 Å². The smallest absolute Gasteiger partial charge is 0.247 e. The molecule has 0 saturated heterocycles. The number of nitrogens with zero attached hydrogens (tertiary/aromatic N) is 1. The van der Waals surface area contributed by atoms with E-state index in [-0.39, 0.29) is 11.7 Å². The minimum Gasteiger partial charge on any atom is -0.506 e. The van der Waals surface area contributed by atoms with E-state index in [2.05, 4.69) is 34.0 Å². The predicted molar refractivity (Wildman–Crippen MR) is 124 cm³/mol. The Hall–Kier alpha value is -4.02. The van der Waals surface area contributed by atoms with Crippen LogP contribution in [-0.2, 0) is 4.79 Å². The van der Waals surface area contributed by atoms with Crippen molar-refractivity contribution in [2.45, 2.75) is 0 Å². The van der Waals surface area contributed by atoms with Crippen LogP contribution in [0.4, 0.5) is 16.5 Å². The highest BCUT2D eigenvalue weighted by atomic mass is 32.1. The largest absolute Gasteiger partial charge is 0.506 e. The van der Waals surface area contributed by atoms with Gasteiger partial charge in [-0.15, -0.1) is 0 Å². The van der Waals surface area contributed by atoms with Gasteiger partial charge in [-0.2, -0.15) is 0 Å². The molecule has 4 rings (SSSR count). The highest BCUT2D eigenvalue weighted by Gasteiger charge is 2.08.